The molecule has 0 saturated heterocycles. The Hall–Kier alpha value is -1.71. The highest BCUT2D eigenvalue weighted by molar-refractivity contribution is 5.73. The van der Waals surface area contributed by atoms with Crippen LogP contribution in [0.25, 0.3) is 0 Å². The zero-order chi connectivity index (χ0) is 11.1. The second kappa shape index (κ2) is 5.90. The van der Waals surface area contributed by atoms with E-state index in [9.17, 15) is 4.79 Å². The van der Waals surface area contributed by atoms with Gasteiger partial charge in [0.15, 0.2) is 0 Å². The Morgan fingerprint density at radius 3 is 2.80 bits per heavy atom. The molecule has 0 aliphatic carbocycles. The van der Waals surface area contributed by atoms with Gasteiger partial charge in [-0.1, -0.05) is 6.07 Å². The molecular formula is C11H16N2O2. The summed E-state index contributed by atoms with van der Waals surface area (Å²) in [6, 6.07) is 7.27. The number of hydrogen-bond donors (Lipinski definition) is 2. The lowest BCUT2D eigenvalue weighted by Crippen LogP contribution is -2.10. The molecule has 0 aliphatic heterocycles. The molecule has 0 atom stereocenters. The van der Waals surface area contributed by atoms with E-state index in [0.717, 1.165) is 18.6 Å². The molecular weight excluding hydrogens is 192 g/mol. The van der Waals surface area contributed by atoms with Crippen molar-refractivity contribution in [2.45, 2.75) is 19.3 Å². The molecule has 15 heavy (non-hydrogen) atoms. The molecule has 4 nitrogen and oxygen atoms in total. The highest BCUT2D eigenvalue weighted by Gasteiger charge is 1.96. The van der Waals surface area contributed by atoms with Gasteiger partial charge in [-0.3, -0.25) is 4.79 Å². The summed E-state index contributed by atoms with van der Waals surface area (Å²) < 4.78 is 5.44. The van der Waals surface area contributed by atoms with Crippen LogP contribution in [0, 0.1) is 0 Å². The Morgan fingerprint density at radius 2 is 2.13 bits per heavy atom. The fourth-order valence-electron chi connectivity index (χ4n) is 1.20. The van der Waals surface area contributed by atoms with Crippen LogP contribution in [0.5, 0.6) is 5.75 Å². The average Bonchev–Trinajstić information content (AvgIpc) is 2.17. The molecule has 0 aliphatic rings. The van der Waals surface area contributed by atoms with Gasteiger partial charge in [0.2, 0.25) is 5.91 Å². The van der Waals surface area contributed by atoms with E-state index in [1.54, 1.807) is 12.1 Å². The quantitative estimate of drug-likeness (QED) is 0.546. The largest absolute Gasteiger partial charge is 0.494 e. The Bertz CT molecular complexity index is 326. The van der Waals surface area contributed by atoms with Crippen molar-refractivity contribution in [2.24, 2.45) is 5.73 Å². The molecule has 0 heterocycles. The van der Waals surface area contributed by atoms with Gasteiger partial charge >= 0.3 is 0 Å². The zero-order valence-corrected chi connectivity index (χ0v) is 8.61. The monoisotopic (exact) mass is 208 g/mol. The van der Waals surface area contributed by atoms with E-state index in [4.69, 9.17) is 16.2 Å². The Balaban J connectivity index is 2.17. The minimum atomic E-state index is -0.265. The first kappa shape index (κ1) is 11.4. The van der Waals surface area contributed by atoms with Crippen molar-refractivity contribution in [3.63, 3.8) is 0 Å². The van der Waals surface area contributed by atoms with Gasteiger partial charge in [-0.15, -0.1) is 0 Å². The summed E-state index contributed by atoms with van der Waals surface area (Å²) in [5.41, 5.74) is 11.3. The van der Waals surface area contributed by atoms with Crippen LogP contribution in [-0.4, -0.2) is 12.5 Å². The van der Waals surface area contributed by atoms with E-state index in [1.165, 1.54) is 0 Å². The Kier molecular flexibility index (Phi) is 4.47. The summed E-state index contributed by atoms with van der Waals surface area (Å²) in [5.74, 6) is 0.494. The molecule has 0 spiro atoms. The Morgan fingerprint density at radius 1 is 1.33 bits per heavy atom. The molecule has 1 aromatic carbocycles. The third-order valence-corrected chi connectivity index (χ3v) is 1.94. The van der Waals surface area contributed by atoms with Gasteiger partial charge in [-0.25, -0.2) is 0 Å². The summed E-state index contributed by atoms with van der Waals surface area (Å²) in [6.07, 6.45) is 2.00. The fourth-order valence-corrected chi connectivity index (χ4v) is 1.20. The van der Waals surface area contributed by atoms with Crippen molar-refractivity contribution in [1.82, 2.24) is 0 Å². The van der Waals surface area contributed by atoms with Crippen LogP contribution in [0.3, 0.4) is 0 Å². The van der Waals surface area contributed by atoms with Crippen LogP contribution in [0.2, 0.25) is 0 Å². The summed E-state index contributed by atoms with van der Waals surface area (Å²) in [4.78, 5) is 10.4. The lowest BCUT2D eigenvalue weighted by molar-refractivity contribution is -0.118. The first-order valence-electron chi connectivity index (χ1n) is 4.95. The van der Waals surface area contributed by atoms with Gasteiger partial charge < -0.3 is 16.2 Å². The average molecular weight is 208 g/mol. The molecule has 0 fully saturated rings. The van der Waals surface area contributed by atoms with Crippen molar-refractivity contribution in [3.8, 4) is 5.75 Å². The van der Waals surface area contributed by atoms with Crippen LogP contribution in [0.4, 0.5) is 5.69 Å². The van der Waals surface area contributed by atoms with Gasteiger partial charge in [0.05, 0.1) is 6.61 Å². The molecule has 0 unspecified atom stereocenters. The van der Waals surface area contributed by atoms with Crippen molar-refractivity contribution >= 4 is 11.6 Å². The molecule has 4 N–H and O–H groups in total. The van der Waals surface area contributed by atoms with E-state index >= 15 is 0 Å². The number of carbonyl (C=O) groups is 1. The van der Waals surface area contributed by atoms with Gasteiger partial charge in [0, 0.05) is 18.2 Å². The van der Waals surface area contributed by atoms with Crippen LogP contribution >= 0.6 is 0 Å². The third kappa shape index (κ3) is 4.90. The first-order chi connectivity index (χ1) is 7.18. The molecule has 1 rings (SSSR count). The molecule has 1 amide bonds. The third-order valence-electron chi connectivity index (χ3n) is 1.94. The molecule has 1 aromatic rings. The molecule has 0 saturated carbocycles. The molecule has 0 aromatic heterocycles. The standard InChI is InChI=1S/C11H16N2O2/c12-9-4-3-5-10(8-9)15-7-2-1-6-11(13)14/h3-5,8H,1-2,6-7,12H2,(H2,13,14). The van der Waals surface area contributed by atoms with Gasteiger partial charge in [-0.05, 0) is 25.0 Å². The molecule has 0 bridgehead atoms. The van der Waals surface area contributed by atoms with Gasteiger partial charge in [0.1, 0.15) is 5.75 Å². The van der Waals surface area contributed by atoms with Crippen molar-refractivity contribution in [1.29, 1.82) is 0 Å². The van der Waals surface area contributed by atoms with E-state index in [-0.39, 0.29) is 5.91 Å². The van der Waals surface area contributed by atoms with Crippen LogP contribution in [0.15, 0.2) is 24.3 Å². The van der Waals surface area contributed by atoms with Crippen molar-refractivity contribution in [3.05, 3.63) is 24.3 Å². The number of amides is 1. The predicted molar refractivity (Wildman–Crippen MR) is 59.4 cm³/mol. The van der Waals surface area contributed by atoms with Crippen LogP contribution in [0.1, 0.15) is 19.3 Å². The highest BCUT2D eigenvalue weighted by Crippen LogP contribution is 2.14. The van der Waals surface area contributed by atoms with E-state index in [2.05, 4.69) is 0 Å². The lowest BCUT2D eigenvalue weighted by Gasteiger charge is -2.05. The maximum atomic E-state index is 10.4. The highest BCUT2D eigenvalue weighted by atomic mass is 16.5. The van der Waals surface area contributed by atoms with E-state index in [0.29, 0.717) is 18.7 Å². The van der Waals surface area contributed by atoms with E-state index in [1.807, 2.05) is 12.1 Å². The topological polar surface area (TPSA) is 78.3 Å². The maximum Gasteiger partial charge on any atom is 0.217 e. The number of carbonyl (C=O) groups excluding carboxylic acids is 1. The molecule has 0 radical (unpaired) electrons. The van der Waals surface area contributed by atoms with Gasteiger partial charge in [0.25, 0.3) is 0 Å². The van der Waals surface area contributed by atoms with Crippen LogP contribution < -0.4 is 16.2 Å². The number of hydrogen-bond acceptors (Lipinski definition) is 3. The molecule has 82 valence electrons. The summed E-state index contributed by atoms with van der Waals surface area (Å²) in [7, 11) is 0. The summed E-state index contributed by atoms with van der Waals surface area (Å²) in [6.45, 7) is 0.580. The summed E-state index contributed by atoms with van der Waals surface area (Å²) in [5, 5.41) is 0. The van der Waals surface area contributed by atoms with Crippen molar-refractivity contribution in [2.75, 3.05) is 12.3 Å². The van der Waals surface area contributed by atoms with E-state index < -0.39 is 0 Å². The number of anilines is 1. The first-order valence-corrected chi connectivity index (χ1v) is 4.95. The number of primary amides is 1. The minimum Gasteiger partial charge on any atom is -0.494 e. The second-order valence-electron chi connectivity index (χ2n) is 3.34. The number of unbranched alkanes of at least 4 members (excludes halogenated alkanes) is 1. The SMILES string of the molecule is NC(=O)CCCCOc1cccc(N)c1. The number of ether oxygens (including phenoxy) is 1. The predicted octanol–water partition coefficient (Wildman–Crippen LogP) is 1.30. The van der Waals surface area contributed by atoms with Gasteiger partial charge in [-0.2, -0.15) is 0 Å². The van der Waals surface area contributed by atoms with Crippen LogP contribution in [-0.2, 0) is 4.79 Å². The zero-order valence-electron chi connectivity index (χ0n) is 8.61. The Labute approximate surface area is 89.2 Å². The smallest absolute Gasteiger partial charge is 0.217 e. The number of benzene rings is 1. The van der Waals surface area contributed by atoms with Crippen molar-refractivity contribution < 1.29 is 9.53 Å². The number of nitrogens with two attached hydrogens (primary N) is 2. The maximum absolute atomic E-state index is 10.4. The lowest BCUT2D eigenvalue weighted by atomic mass is 10.2. The normalized spacial score (nSPS) is 9.87. The molecule has 4 heteroatoms. The second-order valence-corrected chi connectivity index (χ2v) is 3.34. The number of nitrogen functional groups attached to an aromatic ring is 1. The minimum absolute atomic E-state index is 0.265. The number of rotatable bonds is 6. The fraction of sp³-hybridized carbons (Fsp3) is 0.364. The summed E-state index contributed by atoms with van der Waals surface area (Å²) >= 11 is 0.